The van der Waals surface area contributed by atoms with Crippen molar-refractivity contribution in [3.05, 3.63) is 39.9 Å². The number of benzene rings is 1. The van der Waals surface area contributed by atoms with Crippen molar-refractivity contribution in [2.24, 2.45) is 0 Å². The molecule has 2 rings (SSSR count). The molecule has 0 radical (unpaired) electrons. The maximum Gasteiger partial charge on any atom is 0.343 e. The van der Waals surface area contributed by atoms with E-state index in [2.05, 4.69) is 4.90 Å². The van der Waals surface area contributed by atoms with Crippen LogP contribution in [0.2, 0.25) is 0 Å². The molecule has 1 saturated heterocycles. The zero-order valence-electron chi connectivity index (χ0n) is 11.1. The van der Waals surface area contributed by atoms with Crippen LogP contribution in [0.1, 0.15) is 29.6 Å². The molecule has 0 saturated carbocycles. The highest BCUT2D eigenvalue weighted by atomic mass is 35.5. The van der Waals surface area contributed by atoms with Gasteiger partial charge in [0.1, 0.15) is 6.67 Å². The van der Waals surface area contributed by atoms with Crippen molar-refractivity contribution in [1.82, 2.24) is 4.90 Å². The number of nitro benzene ring substituents is 1. The Morgan fingerprint density at radius 2 is 2.00 bits per heavy atom. The zero-order valence-corrected chi connectivity index (χ0v) is 11.9. The molecule has 1 fully saturated rings. The van der Waals surface area contributed by atoms with Gasteiger partial charge in [0.05, 0.1) is 10.5 Å². The summed E-state index contributed by atoms with van der Waals surface area (Å²) in [7, 11) is 0. The van der Waals surface area contributed by atoms with Crippen LogP contribution in [0, 0.1) is 10.1 Å². The highest BCUT2D eigenvalue weighted by Crippen LogP contribution is 2.12. The predicted octanol–water partition coefficient (Wildman–Crippen LogP) is -2.25. The number of hydrogen-bond donors (Lipinski definition) is 1. The molecule has 1 aliphatic heterocycles. The van der Waals surface area contributed by atoms with E-state index in [1.807, 2.05) is 0 Å². The van der Waals surface area contributed by atoms with Gasteiger partial charge in [0, 0.05) is 25.2 Å². The summed E-state index contributed by atoms with van der Waals surface area (Å²) in [4.78, 5) is 24.4. The highest BCUT2D eigenvalue weighted by molar-refractivity contribution is 5.87. The number of likely N-dealkylation sites (tertiary alicyclic amines) is 1. The molecule has 7 heteroatoms. The average Bonchev–Trinajstić information content (AvgIpc) is 2.46. The lowest BCUT2D eigenvalue weighted by molar-refractivity contribution is -0.576. The molecule has 0 unspecified atom stereocenters. The van der Waals surface area contributed by atoms with Gasteiger partial charge in [-0.25, -0.2) is 4.79 Å². The third-order valence-electron chi connectivity index (χ3n) is 3.33. The minimum atomic E-state index is -0.485. The molecule has 0 atom stereocenters. The third kappa shape index (κ3) is 4.56. The highest BCUT2D eigenvalue weighted by Gasteiger charge is 2.17. The normalized spacial score (nSPS) is 15.4. The van der Waals surface area contributed by atoms with Gasteiger partial charge in [-0.3, -0.25) is 20.3 Å². The summed E-state index contributed by atoms with van der Waals surface area (Å²) < 4.78 is 0. The monoisotopic (exact) mass is 299 g/mol. The fourth-order valence-electron chi connectivity index (χ4n) is 2.24. The van der Waals surface area contributed by atoms with Crippen LogP contribution in [-0.4, -0.2) is 35.5 Å². The number of quaternary nitrogens is 1. The maximum atomic E-state index is 12.0. The summed E-state index contributed by atoms with van der Waals surface area (Å²) in [6.45, 7) is 2.68. The Balaban J connectivity index is 0.00000200. The third-order valence-corrected chi connectivity index (χ3v) is 3.33. The summed E-state index contributed by atoms with van der Waals surface area (Å²) in [5.74, 6) is -0.144. The van der Waals surface area contributed by atoms with E-state index in [4.69, 9.17) is 0 Å². The van der Waals surface area contributed by atoms with Gasteiger partial charge in [-0.05, 0) is 18.9 Å². The first-order valence-corrected chi connectivity index (χ1v) is 6.51. The molecule has 0 aromatic heterocycles. The molecule has 1 amide bonds. The maximum absolute atomic E-state index is 12.0. The Hall–Kier alpha value is -1.50. The Bertz CT molecular complexity index is 476. The second kappa shape index (κ2) is 7.94. The topological polar surface area (TPSA) is 80.1 Å². The van der Waals surface area contributed by atoms with Crippen LogP contribution in [0.5, 0.6) is 0 Å². The van der Waals surface area contributed by atoms with Crippen molar-refractivity contribution in [2.75, 3.05) is 19.8 Å². The smallest absolute Gasteiger partial charge is 0.343 e. The number of primary amides is 1. The van der Waals surface area contributed by atoms with E-state index < -0.39 is 4.92 Å². The van der Waals surface area contributed by atoms with Crippen LogP contribution >= 0.6 is 0 Å². The van der Waals surface area contributed by atoms with Gasteiger partial charge in [-0.2, -0.15) is 0 Å². The van der Waals surface area contributed by atoms with Gasteiger partial charge in [0.25, 0.3) is 5.69 Å². The Labute approximate surface area is 123 Å². The number of carbonyl (C=O) groups is 1. The largest absolute Gasteiger partial charge is 1.00 e. The molecular formula is C13H18ClN3O3. The number of halogens is 1. The molecule has 0 spiro atoms. The summed E-state index contributed by atoms with van der Waals surface area (Å²) in [5.41, 5.74) is 0.337. The van der Waals surface area contributed by atoms with Crippen molar-refractivity contribution in [2.45, 2.75) is 19.3 Å². The van der Waals surface area contributed by atoms with Gasteiger partial charge >= 0.3 is 5.91 Å². The number of nitrogens with zero attached hydrogens (tertiary/aromatic N) is 2. The van der Waals surface area contributed by atoms with E-state index in [-0.39, 0.29) is 24.0 Å². The number of amides is 1. The van der Waals surface area contributed by atoms with Gasteiger partial charge in [0.15, 0.2) is 0 Å². The Kier molecular flexibility index (Phi) is 6.57. The summed E-state index contributed by atoms with van der Waals surface area (Å²) in [6, 6.07) is 5.87. The zero-order chi connectivity index (χ0) is 13.7. The first-order chi connectivity index (χ1) is 9.16. The minimum Gasteiger partial charge on any atom is -1.00 e. The molecule has 1 heterocycles. The van der Waals surface area contributed by atoms with E-state index in [0.717, 1.165) is 13.1 Å². The van der Waals surface area contributed by atoms with Crippen molar-refractivity contribution < 1.29 is 27.4 Å². The molecule has 6 nitrogen and oxygen atoms in total. The van der Waals surface area contributed by atoms with Crippen LogP contribution < -0.4 is 17.7 Å². The summed E-state index contributed by atoms with van der Waals surface area (Å²) >= 11 is 0. The van der Waals surface area contributed by atoms with Crippen LogP contribution in [0.4, 0.5) is 5.69 Å². The quantitative estimate of drug-likeness (QED) is 0.503. The van der Waals surface area contributed by atoms with Crippen LogP contribution in [-0.2, 0) is 0 Å². The van der Waals surface area contributed by atoms with E-state index in [1.165, 1.54) is 31.4 Å². The van der Waals surface area contributed by atoms with Gasteiger partial charge in [-0.1, -0.05) is 12.5 Å². The molecule has 1 aliphatic rings. The Morgan fingerprint density at radius 1 is 1.30 bits per heavy atom. The second-order valence-corrected chi connectivity index (χ2v) is 4.74. The summed E-state index contributed by atoms with van der Waals surface area (Å²) in [6.07, 6.45) is 3.62. The van der Waals surface area contributed by atoms with E-state index in [0.29, 0.717) is 12.2 Å². The molecule has 0 aliphatic carbocycles. The molecular weight excluding hydrogens is 282 g/mol. The molecule has 0 bridgehead atoms. The molecule has 110 valence electrons. The van der Waals surface area contributed by atoms with E-state index >= 15 is 0 Å². The van der Waals surface area contributed by atoms with Crippen molar-refractivity contribution >= 4 is 11.6 Å². The summed E-state index contributed by atoms with van der Waals surface area (Å²) in [5, 5.41) is 12.3. The fourth-order valence-corrected chi connectivity index (χ4v) is 2.24. The number of carbonyl (C=O) groups excluding carboxylic acids is 1. The fraction of sp³-hybridized carbons (Fsp3) is 0.462. The number of nitrogens with two attached hydrogens (primary N) is 1. The lowest BCUT2D eigenvalue weighted by Gasteiger charge is -2.23. The first kappa shape index (κ1) is 16.6. The van der Waals surface area contributed by atoms with Crippen molar-refractivity contribution in [1.29, 1.82) is 0 Å². The van der Waals surface area contributed by atoms with Gasteiger partial charge in [0.2, 0.25) is 0 Å². The minimum absolute atomic E-state index is 0. The lowest BCUT2D eigenvalue weighted by Crippen LogP contribution is -3.00. The van der Waals surface area contributed by atoms with Crippen LogP contribution in [0.15, 0.2) is 24.3 Å². The standard InChI is InChI=1S/C13H17N3O3.ClH/c17-13(14-10-15-7-2-1-3-8-15)11-5-4-6-12(9-11)16(18)19;/h4-6,9H,1-3,7-8,10H2,(H,14,17);1H. The molecule has 1 aromatic carbocycles. The molecule has 2 N–H and O–H groups in total. The molecule has 20 heavy (non-hydrogen) atoms. The lowest BCUT2D eigenvalue weighted by atomic mass is 10.1. The Morgan fingerprint density at radius 3 is 2.65 bits per heavy atom. The number of hydrogen-bond acceptors (Lipinski definition) is 4. The van der Waals surface area contributed by atoms with Crippen molar-refractivity contribution in [3.8, 4) is 0 Å². The first-order valence-electron chi connectivity index (χ1n) is 6.51. The van der Waals surface area contributed by atoms with E-state index in [1.54, 1.807) is 17.4 Å². The second-order valence-electron chi connectivity index (χ2n) is 4.74. The number of piperidine rings is 1. The molecule has 1 aromatic rings. The average molecular weight is 300 g/mol. The van der Waals surface area contributed by atoms with Gasteiger partial charge in [-0.15, -0.1) is 0 Å². The number of non-ortho nitro benzene ring substituents is 1. The number of rotatable bonds is 4. The van der Waals surface area contributed by atoms with Crippen LogP contribution in [0.3, 0.4) is 0 Å². The SMILES string of the molecule is O=C([NH2+]CN1CCCCC1)c1cccc([N+](=O)[O-])c1.[Cl-]. The van der Waals surface area contributed by atoms with Crippen LogP contribution in [0.25, 0.3) is 0 Å². The predicted molar refractivity (Wildman–Crippen MR) is 69.6 cm³/mol. The number of nitro groups is 1. The van der Waals surface area contributed by atoms with Gasteiger partial charge < -0.3 is 12.4 Å². The van der Waals surface area contributed by atoms with E-state index in [9.17, 15) is 14.9 Å². The van der Waals surface area contributed by atoms with Crippen molar-refractivity contribution in [3.63, 3.8) is 0 Å².